The molecule has 1 heterocycles. The van der Waals surface area contributed by atoms with Crippen LogP contribution in [0.3, 0.4) is 0 Å². The molecule has 0 amide bonds. The molecule has 148 valence electrons. The molecule has 1 aliphatic heterocycles. The van der Waals surface area contributed by atoms with Crippen LogP contribution in [-0.4, -0.2) is 57.7 Å². The van der Waals surface area contributed by atoms with Crippen LogP contribution in [-0.2, 0) is 0 Å². The van der Waals surface area contributed by atoms with E-state index in [4.69, 9.17) is 0 Å². The van der Waals surface area contributed by atoms with Gasteiger partial charge in [-0.3, -0.25) is 9.80 Å². The Morgan fingerprint density at radius 1 is 1.14 bits per heavy atom. The zero-order chi connectivity index (χ0) is 20.3. The monoisotopic (exact) mass is 380 g/mol. The zero-order valence-corrected chi connectivity index (χ0v) is 16.5. The second-order valence-corrected chi connectivity index (χ2v) is 7.56. The molecule has 0 radical (unpaired) electrons. The molecule has 28 heavy (non-hydrogen) atoms. The first-order valence-electron chi connectivity index (χ1n) is 9.63. The number of nitrogens with zero attached hydrogens (tertiary/aromatic N) is 2. The van der Waals surface area contributed by atoms with Gasteiger partial charge in [-0.2, -0.15) is 0 Å². The van der Waals surface area contributed by atoms with E-state index in [0.717, 1.165) is 30.8 Å². The number of hydrogen-bond donors (Lipinski definition) is 2. The SMILES string of the molecule is C=CCN1C[C@@H](C)N([C@H](c2ccc(C(=O)O)cc2)c2cccc(O)c2)C[C@@H]1C. The van der Waals surface area contributed by atoms with Crippen LogP contribution in [0, 0.1) is 0 Å². The number of rotatable bonds is 6. The summed E-state index contributed by atoms with van der Waals surface area (Å²) in [5.41, 5.74) is 2.29. The number of carboxylic acids is 1. The molecule has 1 fully saturated rings. The number of benzene rings is 2. The maximum Gasteiger partial charge on any atom is 0.335 e. The van der Waals surface area contributed by atoms with Gasteiger partial charge in [-0.25, -0.2) is 4.79 Å². The predicted molar refractivity (Wildman–Crippen MR) is 111 cm³/mol. The van der Waals surface area contributed by atoms with E-state index in [1.165, 1.54) is 0 Å². The molecule has 1 aliphatic rings. The van der Waals surface area contributed by atoms with Gasteiger partial charge in [0.05, 0.1) is 11.6 Å². The van der Waals surface area contributed by atoms with E-state index in [1.54, 1.807) is 24.3 Å². The van der Waals surface area contributed by atoms with Gasteiger partial charge in [-0.1, -0.05) is 30.3 Å². The largest absolute Gasteiger partial charge is 0.508 e. The fourth-order valence-corrected chi connectivity index (χ4v) is 4.08. The van der Waals surface area contributed by atoms with E-state index < -0.39 is 5.97 Å². The van der Waals surface area contributed by atoms with Crippen molar-refractivity contribution in [2.75, 3.05) is 19.6 Å². The fourth-order valence-electron chi connectivity index (χ4n) is 4.08. The van der Waals surface area contributed by atoms with Crippen LogP contribution in [0.1, 0.15) is 41.4 Å². The van der Waals surface area contributed by atoms with Gasteiger partial charge in [-0.15, -0.1) is 6.58 Å². The van der Waals surface area contributed by atoms with Gasteiger partial charge in [0.15, 0.2) is 0 Å². The third-order valence-corrected chi connectivity index (χ3v) is 5.52. The van der Waals surface area contributed by atoms with Crippen LogP contribution >= 0.6 is 0 Å². The summed E-state index contributed by atoms with van der Waals surface area (Å²) >= 11 is 0. The molecular formula is C23H28N2O3. The fraction of sp³-hybridized carbons (Fsp3) is 0.348. The van der Waals surface area contributed by atoms with Crippen molar-refractivity contribution < 1.29 is 15.0 Å². The van der Waals surface area contributed by atoms with Crippen molar-refractivity contribution >= 4 is 5.97 Å². The maximum absolute atomic E-state index is 11.2. The Morgan fingerprint density at radius 2 is 1.86 bits per heavy atom. The molecular weight excluding hydrogens is 352 g/mol. The van der Waals surface area contributed by atoms with E-state index >= 15 is 0 Å². The number of hydrogen-bond acceptors (Lipinski definition) is 4. The summed E-state index contributed by atoms with van der Waals surface area (Å²) in [6, 6.07) is 15.0. The number of phenols is 1. The average molecular weight is 380 g/mol. The molecule has 3 rings (SSSR count). The van der Waals surface area contributed by atoms with Gasteiger partial charge in [0, 0.05) is 31.7 Å². The second kappa shape index (κ2) is 8.59. The molecule has 0 unspecified atom stereocenters. The summed E-state index contributed by atoms with van der Waals surface area (Å²) in [5, 5.41) is 19.3. The molecule has 0 aliphatic carbocycles. The second-order valence-electron chi connectivity index (χ2n) is 7.56. The van der Waals surface area contributed by atoms with Crippen LogP contribution in [0.15, 0.2) is 61.2 Å². The number of aromatic hydroxyl groups is 1. The summed E-state index contributed by atoms with van der Waals surface area (Å²) in [6.45, 7) is 11.0. The van der Waals surface area contributed by atoms with Crippen molar-refractivity contribution in [1.29, 1.82) is 0 Å². The summed E-state index contributed by atoms with van der Waals surface area (Å²) in [4.78, 5) is 16.1. The number of phenolic OH excluding ortho intramolecular Hbond substituents is 1. The average Bonchev–Trinajstić information content (AvgIpc) is 2.66. The van der Waals surface area contributed by atoms with E-state index in [2.05, 4.69) is 30.2 Å². The molecule has 0 aromatic heterocycles. The van der Waals surface area contributed by atoms with Gasteiger partial charge in [0.1, 0.15) is 5.75 Å². The smallest absolute Gasteiger partial charge is 0.335 e. The lowest BCUT2D eigenvalue weighted by molar-refractivity contribution is 0.0306. The van der Waals surface area contributed by atoms with Gasteiger partial charge >= 0.3 is 5.97 Å². The zero-order valence-electron chi connectivity index (χ0n) is 16.5. The van der Waals surface area contributed by atoms with E-state index in [9.17, 15) is 15.0 Å². The highest BCUT2D eigenvalue weighted by Gasteiger charge is 2.34. The lowest BCUT2D eigenvalue weighted by Gasteiger charge is -2.47. The van der Waals surface area contributed by atoms with Gasteiger partial charge in [0.2, 0.25) is 0 Å². The van der Waals surface area contributed by atoms with Gasteiger partial charge in [-0.05, 0) is 49.2 Å². The first-order valence-corrected chi connectivity index (χ1v) is 9.63. The summed E-state index contributed by atoms with van der Waals surface area (Å²) < 4.78 is 0. The molecule has 3 atom stereocenters. The van der Waals surface area contributed by atoms with Crippen LogP contribution in [0.2, 0.25) is 0 Å². The van der Waals surface area contributed by atoms with Crippen LogP contribution in [0.4, 0.5) is 0 Å². The highest BCUT2D eigenvalue weighted by molar-refractivity contribution is 5.87. The predicted octanol–water partition coefficient (Wildman–Crippen LogP) is 3.76. The summed E-state index contributed by atoms with van der Waals surface area (Å²) in [5.74, 6) is -0.698. The third-order valence-electron chi connectivity index (χ3n) is 5.52. The number of carbonyl (C=O) groups is 1. The molecule has 2 aromatic carbocycles. The molecule has 2 aromatic rings. The molecule has 5 heteroatoms. The number of carboxylic acid groups (broad SMARTS) is 1. The molecule has 5 nitrogen and oxygen atoms in total. The highest BCUT2D eigenvalue weighted by Crippen LogP contribution is 2.34. The minimum Gasteiger partial charge on any atom is -0.508 e. The number of aromatic carboxylic acids is 1. The Labute approximate surface area is 166 Å². The van der Waals surface area contributed by atoms with Crippen molar-refractivity contribution in [1.82, 2.24) is 9.80 Å². The minimum atomic E-state index is -0.930. The van der Waals surface area contributed by atoms with Crippen LogP contribution in [0.5, 0.6) is 5.75 Å². The van der Waals surface area contributed by atoms with Crippen molar-refractivity contribution in [2.24, 2.45) is 0 Å². The first-order chi connectivity index (χ1) is 13.4. The quantitative estimate of drug-likeness (QED) is 0.747. The Hall–Kier alpha value is -2.63. The molecule has 0 bridgehead atoms. The van der Waals surface area contributed by atoms with Gasteiger partial charge in [0.25, 0.3) is 0 Å². The Balaban J connectivity index is 1.99. The van der Waals surface area contributed by atoms with Crippen molar-refractivity contribution in [3.05, 3.63) is 77.9 Å². The van der Waals surface area contributed by atoms with Crippen molar-refractivity contribution in [2.45, 2.75) is 32.0 Å². The topological polar surface area (TPSA) is 64.0 Å². The van der Waals surface area contributed by atoms with E-state index in [0.29, 0.717) is 12.1 Å². The first kappa shape index (κ1) is 20.1. The van der Waals surface area contributed by atoms with Gasteiger partial charge < -0.3 is 10.2 Å². The van der Waals surface area contributed by atoms with Crippen molar-refractivity contribution in [3.8, 4) is 5.75 Å². The molecule has 1 saturated heterocycles. The lowest BCUT2D eigenvalue weighted by atomic mass is 9.93. The summed E-state index contributed by atoms with van der Waals surface area (Å²) in [7, 11) is 0. The number of piperazine rings is 1. The Morgan fingerprint density at radius 3 is 2.46 bits per heavy atom. The standard InChI is InChI=1S/C23H28N2O3/c1-4-12-24-14-17(3)25(15-16(24)2)22(20-6-5-7-21(26)13-20)18-8-10-19(11-9-18)23(27)28/h4-11,13,16-17,22,26H,1,12,14-15H2,2-3H3,(H,27,28)/t16-,17+,22+/m0/s1. The van der Waals surface area contributed by atoms with Crippen LogP contribution in [0.25, 0.3) is 0 Å². The highest BCUT2D eigenvalue weighted by atomic mass is 16.4. The maximum atomic E-state index is 11.2. The van der Waals surface area contributed by atoms with E-state index in [-0.39, 0.29) is 17.4 Å². The van der Waals surface area contributed by atoms with Crippen molar-refractivity contribution in [3.63, 3.8) is 0 Å². The summed E-state index contributed by atoms with van der Waals surface area (Å²) in [6.07, 6.45) is 1.94. The Bertz CT molecular complexity index is 834. The lowest BCUT2D eigenvalue weighted by Crippen LogP contribution is -2.57. The van der Waals surface area contributed by atoms with E-state index in [1.807, 2.05) is 30.3 Å². The van der Waals surface area contributed by atoms with Crippen LogP contribution < -0.4 is 0 Å². The molecule has 0 spiro atoms. The Kier molecular flexibility index (Phi) is 6.17. The third kappa shape index (κ3) is 4.26. The molecule has 2 N–H and O–H groups in total. The molecule has 0 saturated carbocycles. The normalized spacial score (nSPS) is 21.9. The minimum absolute atomic E-state index is 0.0572.